The van der Waals surface area contributed by atoms with Gasteiger partial charge in [-0.25, -0.2) is 0 Å². The van der Waals surface area contributed by atoms with Crippen LogP contribution in [0.3, 0.4) is 0 Å². The molecule has 0 N–H and O–H groups in total. The fraction of sp³-hybridized carbons (Fsp3) is 0.250. The van der Waals surface area contributed by atoms with Crippen molar-refractivity contribution in [1.82, 2.24) is 0 Å². The minimum absolute atomic E-state index is 0.0130. The molecule has 0 aliphatic heterocycles. The summed E-state index contributed by atoms with van der Waals surface area (Å²) in [4.78, 5) is 3.10. The van der Waals surface area contributed by atoms with E-state index < -0.39 is 0 Å². The van der Waals surface area contributed by atoms with E-state index in [1.807, 2.05) is 0 Å². The average Bonchev–Trinajstić information content (AvgIpc) is 2.40. The van der Waals surface area contributed by atoms with Gasteiger partial charge in [-0.3, -0.25) is 0 Å². The molecule has 0 aliphatic carbocycles. The summed E-state index contributed by atoms with van der Waals surface area (Å²) in [7, 11) is 0.0260. The number of rotatable bonds is 5. The van der Waals surface area contributed by atoms with E-state index in [9.17, 15) is 0 Å². The van der Waals surface area contributed by atoms with Crippen LogP contribution in [0.4, 0.5) is 0 Å². The molecule has 0 amide bonds. The summed E-state index contributed by atoms with van der Waals surface area (Å²) >= 11 is 4.37. The number of hydrogen-bond donors (Lipinski definition) is 0. The van der Waals surface area contributed by atoms with Gasteiger partial charge in [0.25, 0.3) is 0 Å². The Labute approximate surface area is 134 Å². The zero-order valence-electron chi connectivity index (χ0n) is 12.7. The molecule has 0 aliphatic rings. The highest BCUT2D eigenvalue weighted by atomic mass is 32.4. The summed E-state index contributed by atoms with van der Waals surface area (Å²) in [5, 5.41) is 0. The fourth-order valence-corrected chi connectivity index (χ4v) is 18.2. The molecule has 0 saturated heterocycles. The summed E-state index contributed by atoms with van der Waals surface area (Å²) in [6.45, 7) is 8.96. The van der Waals surface area contributed by atoms with Gasteiger partial charge in [-0.1, -0.05) is 36.4 Å². The van der Waals surface area contributed by atoms with E-state index in [-0.39, 0.29) is 16.4 Å². The van der Waals surface area contributed by atoms with E-state index in [0.29, 0.717) is 0 Å². The molecule has 4 heteroatoms. The molecule has 0 fully saturated rings. The Hall–Kier alpha value is -0.426. The van der Waals surface area contributed by atoms with Crippen molar-refractivity contribution >= 4 is 38.8 Å². The summed E-state index contributed by atoms with van der Waals surface area (Å²) in [5.41, 5.74) is 5.81. The van der Waals surface area contributed by atoms with Crippen LogP contribution in [0.5, 0.6) is 0 Å². The second-order valence-corrected chi connectivity index (χ2v) is 18.9. The third kappa shape index (κ3) is 4.04. The first kappa shape index (κ1) is 16.0. The molecule has 0 atom stereocenters. The molecule has 0 bridgehead atoms. The molecule has 0 aromatic heterocycles. The van der Waals surface area contributed by atoms with Crippen LogP contribution < -0.4 is 0 Å². The predicted molar refractivity (Wildman–Crippen MR) is 101 cm³/mol. The van der Waals surface area contributed by atoms with Crippen LogP contribution in [0.1, 0.15) is 22.3 Å². The summed E-state index contributed by atoms with van der Waals surface area (Å²) in [5.74, 6) is 0. The lowest BCUT2D eigenvalue weighted by Crippen LogP contribution is -1.98. The van der Waals surface area contributed by atoms with E-state index in [0.717, 1.165) is 0 Å². The monoisotopic (exact) mass is 334 g/mol. The lowest BCUT2D eigenvalue weighted by molar-refractivity contribution is 1.22. The average molecular weight is 335 g/mol. The van der Waals surface area contributed by atoms with Gasteiger partial charge in [0.15, 0.2) is 0 Å². The molecule has 2 aromatic rings. The molecule has 0 unspecified atom stereocenters. The highest BCUT2D eigenvalue weighted by molar-refractivity contribution is 8.39. The van der Waals surface area contributed by atoms with E-state index in [4.69, 9.17) is 0 Å². The van der Waals surface area contributed by atoms with Crippen LogP contribution in [-0.2, 0) is 0 Å². The molecule has 0 saturated carbocycles. The lowest BCUT2D eigenvalue weighted by atomic mass is 10.2. The van der Waals surface area contributed by atoms with Crippen molar-refractivity contribution in [3.8, 4) is 0 Å². The topological polar surface area (TPSA) is 0 Å². The first-order chi connectivity index (χ1) is 9.59. The fourth-order valence-electron chi connectivity index (χ4n) is 2.34. The molecule has 0 heterocycles. The molecule has 0 nitrogen and oxygen atoms in total. The summed E-state index contributed by atoms with van der Waals surface area (Å²) < 4.78 is 0. The molecular weight excluding hydrogens is 312 g/mol. The van der Waals surface area contributed by atoms with Gasteiger partial charge in [-0.05, 0) is 49.9 Å². The first-order valence-electron chi connectivity index (χ1n) is 6.97. The zero-order chi connectivity index (χ0) is 14.5. The van der Waals surface area contributed by atoms with Gasteiger partial charge in [0, 0.05) is 9.79 Å². The van der Waals surface area contributed by atoms with Crippen LogP contribution >= 0.6 is 22.4 Å². The molecule has 2 rings (SSSR count). The van der Waals surface area contributed by atoms with Crippen LogP contribution in [0, 0.1) is 27.7 Å². The molecule has 2 aromatic carbocycles. The van der Waals surface area contributed by atoms with Gasteiger partial charge >= 0.3 is 0 Å². The van der Waals surface area contributed by atoms with E-state index in [1.165, 1.54) is 22.3 Å². The Morgan fingerprint density at radius 1 is 0.600 bits per heavy atom. The van der Waals surface area contributed by atoms with Crippen LogP contribution in [0.25, 0.3) is 0 Å². The number of aryl methyl sites for hydroxylation is 4. The van der Waals surface area contributed by atoms with Crippen molar-refractivity contribution in [2.45, 2.75) is 37.5 Å². The van der Waals surface area contributed by atoms with Crippen molar-refractivity contribution in [3.63, 3.8) is 0 Å². The molecule has 0 spiro atoms. The number of hydrogen-bond acceptors (Lipinski definition) is 2. The van der Waals surface area contributed by atoms with Crippen molar-refractivity contribution in [3.05, 3.63) is 58.7 Å². The largest absolute Gasteiger partial charge is 0.162 e. The van der Waals surface area contributed by atoms with Gasteiger partial charge in [0.1, 0.15) is 0 Å². The van der Waals surface area contributed by atoms with Gasteiger partial charge in [-0.2, -0.15) is 22.4 Å². The molecular formula is C16H22S2Si2. The van der Waals surface area contributed by atoms with Gasteiger partial charge in [-0.15, -0.1) is 0 Å². The molecule has 106 valence electrons. The van der Waals surface area contributed by atoms with Gasteiger partial charge in [0.05, 0.1) is 16.4 Å². The summed E-state index contributed by atoms with van der Waals surface area (Å²) in [6, 6.07) is 13.3. The van der Waals surface area contributed by atoms with E-state index in [1.54, 1.807) is 9.79 Å². The molecule has 0 radical (unpaired) electrons. The van der Waals surface area contributed by atoms with Crippen molar-refractivity contribution in [2.75, 3.05) is 0 Å². The maximum absolute atomic E-state index is 2.24. The zero-order valence-corrected chi connectivity index (χ0v) is 17.2. The highest BCUT2D eigenvalue weighted by Crippen LogP contribution is 2.28. The normalized spacial score (nSPS) is 12.0. The maximum Gasteiger partial charge on any atom is 0.0905 e. The predicted octanol–water partition coefficient (Wildman–Crippen LogP) is 3.89. The Balaban J connectivity index is 1.91. The van der Waals surface area contributed by atoms with Crippen molar-refractivity contribution in [2.24, 2.45) is 0 Å². The van der Waals surface area contributed by atoms with E-state index >= 15 is 0 Å². The van der Waals surface area contributed by atoms with Crippen LogP contribution in [0.2, 0.25) is 0 Å². The smallest absolute Gasteiger partial charge is 0.0905 e. The Kier molecular flexibility index (Phi) is 6.02. The lowest BCUT2D eigenvalue weighted by Gasteiger charge is -2.10. The van der Waals surface area contributed by atoms with Gasteiger partial charge < -0.3 is 0 Å². The highest BCUT2D eigenvalue weighted by Gasteiger charge is 2.05. The standard InChI is InChI=1S/C16H22S2Si2/c1-11-7-5-8-12(2)15(11)17-19-20-18-16-13(3)9-6-10-14(16)4/h5-10H,19-20H2,1-4H3. The summed E-state index contributed by atoms with van der Waals surface area (Å²) in [6.07, 6.45) is 0. The number of benzene rings is 2. The minimum atomic E-state index is 0.0130. The SMILES string of the molecule is Cc1cccc(C)c1S[SiH2][SiH2]Sc1c(C)cccc1C. The quantitative estimate of drug-likeness (QED) is 0.601. The first-order valence-corrected chi connectivity index (χ1v) is 16.4. The Morgan fingerprint density at radius 2 is 0.900 bits per heavy atom. The third-order valence-corrected chi connectivity index (χ3v) is 19.0. The van der Waals surface area contributed by atoms with E-state index in [2.05, 4.69) is 86.5 Å². The van der Waals surface area contributed by atoms with Crippen molar-refractivity contribution in [1.29, 1.82) is 0 Å². The maximum atomic E-state index is 2.24. The van der Waals surface area contributed by atoms with Crippen LogP contribution in [0.15, 0.2) is 46.2 Å². The Morgan fingerprint density at radius 3 is 1.20 bits per heavy atom. The molecule has 20 heavy (non-hydrogen) atoms. The van der Waals surface area contributed by atoms with Crippen LogP contribution in [-0.4, -0.2) is 16.4 Å². The minimum Gasteiger partial charge on any atom is -0.162 e. The second-order valence-electron chi connectivity index (χ2n) is 5.14. The van der Waals surface area contributed by atoms with Gasteiger partial charge in [0.2, 0.25) is 0 Å². The third-order valence-electron chi connectivity index (χ3n) is 3.39. The van der Waals surface area contributed by atoms with Crippen molar-refractivity contribution < 1.29 is 0 Å². The second kappa shape index (κ2) is 7.54. The Bertz CT molecular complexity index is 503.